The van der Waals surface area contributed by atoms with E-state index in [1.54, 1.807) is 52.0 Å². The molecule has 0 aliphatic carbocycles. The van der Waals surface area contributed by atoms with Gasteiger partial charge in [-0.25, -0.2) is 0 Å². The SMILES string of the molecule is CC(C)(Cl)Oc1ccc(OC(C)(C)Cl)cc1. The van der Waals surface area contributed by atoms with Crippen LogP contribution in [0, 0.1) is 0 Å². The summed E-state index contributed by atoms with van der Waals surface area (Å²) in [7, 11) is 0. The summed E-state index contributed by atoms with van der Waals surface area (Å²) in [5.41, 5.74) is 0. The van der Waals surface area contributed by atoms with E-state index in [0.717, 1.165) is 0 Å². The van der Waals surface area contributed by atoms with E-state index in [1.807, 2.05) is 0 Å². The summed E-state index contributed by atoms with van der Waals surface area (Å²) in [6, 6.07) is 7.17. The molecule has 0 saturated carbocycles. The molecule has 0 unspecified atom stereocenters. The maximum Gasteiger partial charge on any atom is 0.176 e. The van der Waals surface area contributed by atoms with Crippen molar-refractivity contribution in [1.29, 1.82) is 0 Å². The summed E-state index contributed by atoms with van der Waals surface area (Å²) >= 11 is 11.9. The highest BCUT2D eigenvalue weighted by molar-refractivity contribution is 6.22. The lowest BCUT2D eigenvalue weighted by Gasteiger charge is -2.21. The van der Waals surface area contributed by atoms with Crippen LogP contribution >= 0.6 is 23.2 Å². The van der Waals surface area contributed by atoms with Crippen LogP contribution in [0.15, 0.2) is 24.3 Å². The molecule has 4 heteroatoms. The van der Waals surface area contributed by atoms with Crippen LogP contribution in [0.5, 0.6) is 11.5 Å². The van der Waals surface area contributed by atoms with E-state index in [-0.39, 0.29) is 0 Å². The average molecular weight is 263 g/mol. The Morgan fingerprint density at radius 1 is 0.750 bits per heavy atom. The highest BCUT2D eigenvalue weighted by Crippen LogP contribution is 2.26. The van der Waals surface area contributed by atoms with E-state index in [9.17, 15) is 0 Å². The Labute approximate surface area is 106 Å². The predicted molar refractivity (Wildman–Crippen MR) is 67.6 cm³/mol. The van der Waals surface area contributed by atoms with Gasteiger partial charge >= 0.3 is 0 Å². The van der Waals surface area contributed by atoms with Crippen molar-refractivity contribution in [2.24, 2.45) is 0 Å². The molecule has 1 aromatic carbocycles. The third-order valence-electron chi connectivity index (χ3n) is 1.54. The average Bonchev–Trinajstić information content (AvgIpc) is 2.03. The summed E-state index contributed by atoms with van der Waals surface area (Å²) in [6.45, 7) is 7.11. The van der Waals surface area contributed by atoms with E-state index in [1.165, 1.54) is 0 Å². The lowest BCUT2D eigenvalue weighted by atomic mass is 10.3. The van der Waals surface area contributed by atoms with Crippen LogP contribution in [0.4, 0.5) is 0 Å². The van der Waals surface area contributed by atoms with Crippen LogP contribution in [0.25, 0.3) is 0 Å². The molecule has 0 saturated heterocycles. The molecule has 0 atom stereocenters. The van der Waals surface area contributed by atoms with Crippen LogP contribution in [0.1, 0.15) is 27.7 Å². The first-order chi connectivity index (χ1) is 7.16. The van der Waals surface area contributed by atoms with Gasteiger partial charge in [0.05, 0.1) is 0 Å². The zero-order valence-corrected chi connectivity index (χ0v) is 11.4. The molecular formula is C12H16Cl2O2. The van der Waals surface area contributed by atoms with E-state index >= 15 is 0 Å². The van der Waals surface area contributed by atoms with Crippen molar-refractivity contribution in [2.45, 2.75) is 37.8 Å². The van der Waals surface area contributed by atoms with E-state index in [4.69, 9.17) is 32.7 Å². The van der Waals surface area contributed by atoms with Gasteiger partial charge in [0.15, 0.2) is 10.1 Å². The molecule has 0 aliphatic heterocycles. The van der Waals surface area contributed by atoms with E-state index in [2.05, 4.69) is 0 Å². The van der Waals surface area contributed by atoms with Crippen molar-refractivity contribution < 1.29 is 9.47 Å². The third kappa shape index (κ3) is 5.47. The largest absolute Gasteiger partial charge is 0.473 e. The molecule has 0 aromatic heterocycles. The maximum absolute atomic E-state index is 5.94. The van der Waals surface area contributed by atoms with Gasteiger partial charge in [-0.1, -0.05) is 23.2 Å². The van der Waals surface area contributed by atoms with Gasteiger partial charge in [0, 0.05) is 0 Å². The minimum absolute atomic E-state index is 0.694. The Morgan fingerprint density at radius 2 is 1.00 bits per heavy atom. The second kappa shape index (κ2) is 4.72. The fourth-order valence-electron chi connectivity index (χ4n) is 1.14. The molecule has 0 heterocycles. The first-order valence-electron chi connectivity index (χ1n) is 5.02. The first kappa shape index (κ1) is 13.5. The number of hydrogen-bond donors (Lipinski definition) is 0. The summed E-state index contributed by atoms with van der Waals surface area (Å²) in [5.74, 6) is 1.39. The smallest absolute Gasteiger partial charge is 0.176 e. The highest BCUT2D eigenvalue weighted by atomic mass is 35.5. The number of ether oxygens (including phenoxy) is 2. The van der Waals surface area contributed by atoms with Gasteiger partial charge < -0.3 is 9.47 Å². The Kier molecular flexibility index (Phi) is 3.97. The van der Waals surface area contributed by atoms with Gasteiger partial charge in [-0.05, 0) is 52.0 Å². The fraction of sp³-hybridized carbons (Fsp3) is 0.500. The molecule has 0 spiro atoms. The zero-order chi connectivity index (χ0) is 12.4. The quantitative estimate of drug-likeness (QED) is 0.750. The van der Waals surface area contributed by atoms with Crippen molar-refractivity contribution in [3.8, 4) is 11.5 Å². The topological polar surface area (TPSA) is 18.5 Å². The molecular weight excluding hydrogens is 247 g/mol. The molecule has 0 N–H and O–H groups in total. The summed E-state index contributed by atoms with van der Waals surface area (Å²) in [6.07, 6.45) is 0. The molecule has 1 aromatic rings. The summed E-state index contributed by atoms with van der Waals surface area (Å²) < 4.78 is 10.9. The number of halogens is 2. The second-order valence-corrected chi connectivity index (χ2v) is 6.22. The predicted octanol–water partition coefficient (Wildman–Crippen LogP) is 4.39. The molecule has 0 aliphatic rings. The number of hydrogen-bond acceptors (Lipinski definition) is 2. The highest BCUT2D eigenvalue weighted by Gasteiger charge is 2.16. The summed E-state index contributed by atoms with van der Waals surface area (Å²) in [4.78, 5) is 0. The Balaban J connectivity index is 2.69. The van der Waals surface area contributed by atoms with Crippen LogP contribution in [0.3, 0.4) is 0 Å². The van der Waals surface area contributed by atoms with Crippen molar-refractivity contribution >= 4 is 23.2 Å². The van der Waals surface area contributed by atoms with Crippen LogP contribution in [-0.4, -0.2) is 10.1 Å². The van der Waals surface area contributed by atoms with Crippen molar-refractivity contribution in [3.63, 3.8) is 0 Å². The second-order valence-electron chi connectivity index (χ2n) is 4.40. The first-order valence-corrected chi connectivity index (χ1v) is 5.77. The van der Waals surface area contributed by atoms with Gasteiger partial charge in [0.2, 0.25) is 0 Å². The van der Waals surface area contributed by atoms with Gasteiger partial charge in [0.25, 0.3) is 0 Å². The molecule has 2 nitrogen and oxygen atoms in total. The lowest BCUT2D eigenvalue weighted by molar-refractivity contribution is 0.192. The molecule has 0 fully saturated rings. The van der Waals surface area contributed by atoms with Crippen LogP contribution in [0.2, 0.25) is 0 Å². The molecule has 0 radical (unpaired) electrons. The molecule has 0 bridgehead atoms. The molecule has 1 rings (SSSR count). The monoisotopic (exact) mass is 262 g/mol. The van der Waals surface area contributed by atoms with Gasteiger partial charge in [-0.15, -0.1) is 0 Å². The van der Waals surface area contributed by atoms with Gasteiger partial charge in [-0.2, -0.15) is 0 Å². The Morgan fingerprint density at radius 3 is 1.19 bits per heavy atom. The Hall–Kier alpha value is -0.600. The number of rotatable bonds is 4. The molecule has 16 heavy (non-hydrogen) atoms. The van der Waals surface area contributed by atoms with E-state index in [0.29, 0.717) is 11.5 Å². The fourth-order valence-corrected chi connectivity index (χ4v) is 1.31. The zero-order valence-electron chi connectivity index (χ0n) is 9.88. The standard InChI is InChI=1S/C12H16Cl2O2/c1-11(2,13)15-9-5-7-10(8-6-9)16-12(3,4)14/h5-8H,1-4H3. The van der Waals surface area contributed by atoms with Gasteiger partial charge in [-0.3, -0.25) is 0 Å². The molecule has 0 amide bonds. The van der Waals surface area contributed by atoms with Crippen molar-refractivity contribution in [2.75, 3.05) is 0 Å². The van der Waals surface area contributed by atoms with Crippen LogP contribution < -0.4 is 9.47 Å². The Bertz CT molecular complexity index is 299. The van der Waals surface area contributed by atoms with Crippen LogP contribution in [-0.2, 0) is 0 Å². The third-order valence-corrected chi connectivity index (χ3v) is 1.70. The van der Waals surface area contributed by atoms with Crippen molar-refractivity contribution in [3.05, 3.63) is 24.3 Å². The number of alkyl halides is 2. The minimum Gasteiger partial charge on any atom is -0.473 e. The normalized spacial score (nSPS) is 12.4. The maximum atomic E-state index is 5.94. The number of benzene rings is 1. The van der Waals surface area contributed by atoms with Crippen molar-refractivity contribution in [1.82, 2.24) is 0 Å². The lowest BCUT2D eigenvalue weighted by Crippen LogP contribution is -2.20. The van der Waals surface area contributed by atoms with E-state index < -0.39 is 10.1 Å². The summed E-state index contributed by atoms with van der Waals surface area (Å²) in [5, 5.41) is -1.43. The minimum atomic E-state index is -0.714. The van der Waals surface area contributed by atoms with Gasteiger partial charge in [0.1, 0.15) is 11.5 Å². The molecule has 90 valence electrons.